The molecule has 4 aromatic rings. The normalized spacial score (nSPS) is 11.1. The molecule has 6 heteroatoms. The zero-order valence-electron chi connectivity index (χ0n) is 17.7. The molecule has 0 aliphatic rings. The third-order valence-corrected chi connectivity index (χ3v) is 5.32. The van der Waals surface area contributed by atoms with Gasteiger partial charge in [-0.1, -0.05) is 12.1 Å². The number of aromatic nitrogens is 3. The van der Waals surface area contributed by atoms with Gasteiger partial charge in [-0.3, -0.25) is 0 Å². The van der Waals surface area contributed by atoms with Crippen LogP contribution in [0.3, 0.4) is 0 Å². The average Bonchev–Trinajstić information content (AvgIpc) is 3.01. The van der Waals surface area contributed by atoms with Crippen molar-refractivity contribution in [3.63, 3.8) is 0 Å². The highest BCUT2D eigenvalue weighted by atomic mass is 19.1. The molecule has 30 heavy (non-hydrogen) atoms. The van der Waals surface area contributed by atoms with E-state index in [4.69, 9.17) is 4.74 Å². The number of aryl methyl sites for hydroxylation is 3. The summed E-state index contributed by atoms with van der Waals surface area (Å²) in [6, 6.07) is 14.6. The summed E-state index contributed by atoms with van der Waals surface area (Å²) in [7, 11) is 0. The molecule has 154 valence electrons. The van der Waals surface area contributed by atoms with E-state index in [-0.39, 0.29) is 5.82 Å². The van der Waals surface area contributed by atoms with E-state index in [0.717, 1.165) is 50.7 Å². The molecule has 0 aliphatic heterocycles. The molecular formula is C24H25FN4O. The molecule has 0 saturated carbocycles. The van der Waals surface area contributed by atoms with Crippen LogP contribution in [0.5, 0.6) is 5.75 Å². The molecule has 2 aromatic carbocycles. The maximum atomic E-state index is 13.2. The Bertz CT molecular complexity index is 1180. The van der Waals surface area contributed by atoms with Gasteiger partial charge in [0.1, 0.15) is 11.6 Å². The first kappa shape index (κ1) is 19.9. The van der Waals surface area contributed by atoms with Gasteiger partial charge in [0.05, 0.1) is 12.3 Å². The number of halogens is 1. The number of hydrogen-bond acceptors (Lipinski definition) is 4. The van der Waals surface area contributed by atoms with Gasteiger partial charge >= 0.3 is 0 Å². The van der Waals surface area contributed by atoms with Crippen LogP contribution in [0.1, 0.15) is 29.6 Å². The maximum absolute atomic E-state index is 13.2. The van der Waals surface area contributed by atoms with E-state index >= 15 is 0 Å². The highest BCUT2D eigenvalue weighted by Crippen LogP contribution is 2.34. The molecule has 0 fully saturated rings. The summed E-state index contributed by atoms with van der Waals surface area (Å²) in [5.41, 5.74) is 5.14. The van der Waals surface area contributed by atoms with Crippen molar-refractivity contribution in [1.29, 1.82) is 0 Å². The standard InChI is InChI=1S/C24H25FN4O/c1-5-30-21-12-10-20(11-13-21)29-16(3)22-15(2)27-28-24(23(22)17(29)4)26-14-18-6-8-19(25)9-7-18/h6-13H,5,14H2,1-4H3,(H,26,28). The van der Waals surface area contributed by atoms with Gasteiger partial charge in [-0.05, 0) is 69.7 Å². The van der Waals surface area contributed by atoms with Crippen molar-refractivity contribution in [1.82, 2.24) is 14.8 Å². The van der Waals surface area contributed by atoms with Crippen LogP contribution < -0.4 is 10.1 Å². The molecule has 0 radical (unpaired) electrons. The maximum Gasteiger partial charge on any atom is 0.158 e. The van der Waals surface area contributed by atoms with Crippen LogP contribution in [0.15, 0.2) is 48.5 Å². The van der Waals surface area contributed by atoms with Gasteiger partial charge in [0, 0.05) is 34.4 Å². The first-order valence-electron chi connectivity index (χ1n) is 10.1. The second-order valence-corrected chi connectivity index (χ2v) is 7.30. The molecule has 0 unspecified atom stereocenters. The van der Waals surface area contributed by atoms with Crippen LogP contribution in [-0.2, 0) is 6.54 Å². The molecule has 0 bridgehead atoms. The number of nitrogens with zero attached hydrogens (tertiary/aromatic N) is 3. The van der Waals surface area contributed by atoms with Crippen molar-refractivity contribution in [2.45, 2.75) is 34.2 Å². The molecule has 4 rings (SSSR count). The molecular weight excluding hydrogens is 379 g/mol. The summed E-state index contributed by atoms with van der Waals surface area (Å²) in [5.74, 6) is 1.34. The van der Waals surface area contributed by atoms with Crippen molar-refractivity contribution in [3.05, 3.63) is 77.0 Å². The molecule has 0 saturated heterocycles. The Hall–Kier alpha value is -3.41. The van der Waals surface area contributed by atoms with Crippen molar-refractivity contribution < 1.29 is 9.13 Å². The summed E-state index contributed by atoms with van der Waals surface area (Å²) in [6.45, 7) is 9.34. The van der Waals surface area contributed by atoms with Crippen LogP contribution >= 0.6 is 0 Å². The molecule has 0 aliphatic carbocycles. The van der Waals surface area contributed by atoms with Gasteiger partial charge in [-0.15, -0.1) is 5.10 Å². The fourth-order valence-electron chi connectivity index (χ4n) is 3.95. The summed E-state index contributed by atoms with van der Waals surface area (Å²) in [4.78, 5) is 0. The highest BCUT2D eigenvalue weighted by molar-refractivity contribution is 5.98. The Morgan fingerprint density at radius 1 is 0.900 bits per heavy atom. The van der Waals surface area contributed by atoms with Crippen molar-refractivity contribution >= 4 is 16.6 Å². The average molecular weight is 404 g/mol. The molecule has 0 atom stereocenters. The van der Waals surface area contributed by atoms with Crippen molar-refractivity contribution in [2.75, 3.05) is 11.9 Å². The van der Waals surface area contributed by atoms with Crippen molar-refractivity contribution in [2.24, 2.45) is 0 Å². The van der Waals surface area contributed by atoms with Gasteiger partial charge < -0.3 is 14.6 Å². The number of ether oxygens (including phenoxy) is 1. The smallest absolute Gasteiger partial charge is 0.158 e. The number of hydrogen-bond donors (Lipinski definition) is 1. The SMILES string of the molecule is CCOc1ccc(-n2c(C)c3c(C)nnc(NCc4ccc(F)cc4)c3c2C)cc1. The van der Waals surface area contributed by atoms with Crippen molar-refractivity contribution in [3.8, 4) is 11.4 Å². The monoisotopic (exact) mass is 404 g/mol. The molecule has 0 spiro atoms. The molecule has 5 nitrogen and oxygen atoms in total. The Kier molecular flexibility index (Phi) is 5.40. The van der Waals surface area contributed by atoms with Gasteiger partial charge in [0.25, 0.3) is 0 Å². The zero-order chi connectivity index (χ0) is 21.3. The lowest BCUT2D eigenvalue weighted by Gasteiger charge is -2.11. The third-order valence-electron chi connectivity index (χ3n) is 5.32. The van der Waals surface area contributed by atoms with E-state index in [1.807, 2.05) is 26.0 Å². The highest BCUT2D eigenvalue weighted by Gasteiger charge is 2.19. The topological polar surface area (TPSA) is 52.0 Å². The Labute approximate surface area is 175 Å². The first-order valence-corrected chi connectivity index (χ1v) is 10.1. The fraction of sp³-hybridized carbons (Fsp3) is 0.250. The van der Waals surface area contributed by atoms with E-state index in [1.54, 1.807) is 12.1 Å². The number of benzene rings is 2. The molecule has 0 amide bonds. The van der Waals surface area contributed by atoms with Gasteiger partial charge in [0.15, 0.2) is 5.82 Å². The van der Waals surface area contributed by atoms with E-state index in [1.165, 1.54) is 12.1 Å². The number of fused-ring (bicyclic) bond motifs is 1. The van der Waals surface area contributed by atoms with Gasteiger partial charge in [0.2, 0.25) is 0 Å². The largest absolute Gasteiger partial charge is 0.494 e. The summed E-state index contributed by atoms with van der Waals surface area (Å²) in [5, 5.41) is 14.3. The predicted octanol–water partition coefficient (Wildman–Crippen LogP) is 5.50. The minimum absolute atomic E-state index is 0.241. The molecule has 1 N–H and O–H groups in total. The van der Waals surface area contributed by atoms with E-state index in [2.05, 4.69) is 46.1 Å². The Morgan fingerprint density at radius 3 is 2.23 bits per heavy atom. The fourth-order valence-corrected chi connectivity index (χ4v) is 3.95. The Balaban J connectivity index is 1.75. The van der Waals surface area contributed by atoms with Crippen LogP contribution in [0.4, 0.5) is 10.2 Å². The number of rotatable bonds is 6. The zero-order valence-corrected chi connectivity index (χ0v) is 17.7. The number of anilines is 1. The van der Waals surface area contributed by atoms with Gasteiger partial charge in [-0.25, -0.2) is 4.39 Å². The third kappa shape index (κ3) is 3.61. The Morgan fingerprint density at radius 2 is 1.57 bits per heavy atom. The lowest BCUT2D eigenvalue weighted by Crippen LogP contribution is -2.04. The van der Waals surface area contributed by atoms with Crippen LogP contribution in [0.25, 0.3) is 16.5 Å². The lowest BCUT2D eigenvalue weighted by atomic mass is 10.1. The van der Waals surface area contributed by atoms with E-state index < -0.39 is 0 Å². The first-order chi connectivity index (χ1) is 14.5. The second kappa shape index (κ2) is 8.14. The summed E-state index contributed by atoms with van der Waals surface area (Å²) < 4.78 is 21.0. The summed E-state index contributed by atoms with van der Waals surface area (Å²) in [6.07, 6.45) is 0. The van der Waals surface area contributed by atoms with E-state index in [0.29, 0.717) is 13.2 Å². The predicted molar refractivity (Wildman–Crippen MR) is 118 cm³/mol. The minimum Gasteiger partial charge on any atom is -0.494 e. The molecule has 2 aromatic heterocycles. The van der Waals surface area contributed by atoms with Crippen LogP contribution in [-0.4, -0.2) is 21.4 Å². The van der Waals surface area contributed by atoms with Crippen LogP contribution in [0, 0.1) is 26.6 Å². The lowest BCUT2D eigenvalue weighted by molar-refractivity contribution is 0.340. The summed E-state index contributed by atoms with van der Waals surface area (Å²) >= 11 is 0. The second-order valence-electron chi connectivity index (χ2n) is 7.30. The molecule has 2 heterocycles. The minimum atomic E-state index is -0.241. The van der Waals surface area contributed by atoms with Crippen LogP contribution in [0.2, 0.25) is 0 Å². The quantitative estimate of drug-likeness (QED) is 0.461. The van der Waals surface area contributed by atoms with E-state index in [9.17, 15) is 4.39 Å². The number of nitrogens with one attached hydrogen (secondary N) is 1. The van der Waals surface area contributed by atoms with Gasteiger partial charge in [-0.2, -0.15) is 5.10 Å².